The first-order valence-corrected chi connectivity index (χ1v) is 24.7. The van der Waals surface area contributed by atoms with E-state index in [4.69, 9.17) is 14.2 Å². The van der Waals surface area contributed by atoms with E-state index in [-0.39, 0.29) is 38.3 Å². The van der Waals surface area contributed by atoms with Crippen LogP contribution in [0.4, 0.5) is 13.6 Å². The Kier molecular flexibility index (Phi) is 21.8. The van der Waals surface area contributed by atoms with Gasteiger partial charge in [0.15, 0.2) is 0 Å². The highest BCUT2D eigenvalue weighted by Gasteiger charge is 2.52. The predicted molar refractivity (Wildman–Crippen MR) is 267 cm³/mol. The number of fused-ring (bicyclic) bond motifs is 1. The molecule has 396 valence electrons. The Labute approximate surface area is 425 Å². The smallest absolute Gasteiger partial charge is 0.408 e. The summed E-state index contributed by atoms with van der Waals surface area (Å²) < 4.78 is 48.7. The first-order valence-electron chi connectivity index (χ1n) is 24.7. The molecule has 4 aromatic rings. The number of carbonyl (C=O) groups excluding carboxylic acids is 4. The fourth-order valence-electron chi connectivity index (χ4n) is 8.72. The van der Waals surface area contributed by atoms with Crippen molar-refractivity contribution in [2.75, 3.05) is 19.7 Å². The maximum absolute atomic E-state index is 16.0. The van der Waals surface area contributed by atoms with E-state index in [0.717, 1.165) is 16.0 Å². The first kappa shape index (κ1) is 57.6. The van der Waals surface area contributed by atoms with Crippen molar-refractivity contribution in [2.24, 2.45) is 11.8 Å². The normalized spacial score (nSPS) is 19.9. The third-order valence-corrected chi connectivity index (χ3v) is 12.8. The molecule has 4 aromatic carbocycles. The topological polar surface area (TPSA) is 224 Å². The first-order chi connectivity index (χ1) is 34.8. The van der Waals surface area contributed by atoms with Crippen LogP contribution >= 0.6 is 0 Å². The number of piperidine rings is 1. The van der Waals surface area contributed by atoms with Gasteiger partial charge in [0.05, 0.1) is 37.4 Å². The monoisotopic (exact) mass is 1020 g/mol. The van der Waals surface area contributed by atoms with Gasteiger partial charge in [-0.15, -0.1) is 0 Å². The summed E-state index contributed by atoms with van der Waals surface area (Å²) in [4.78, 5) is 67.7. The van der Waals surface area contributed by atoms with Gasteiger partial charge in [-0.25, -0.2) is 4.79 Å². The molecular formula is C55H70F2N4O12. The van der Waals surface area contributed by atoms with Crippen LogP contribution in [0.2, 0.25) is 0 Å². The maximum atomic E-state index is 16.0. The molecule has 3 amide bonds. The van der Waals surface area contributed by atoms with E-state index in [1.165, 1.54) is 0 Å². The summed E-state index contributed by atoms with van der Waals surface area (Å²) in [6.07, 6.45) is -3.79. The largest absolute Gasteiger partial charge is 0.489 e. The van der Waals surface area contributed by atoms with Gasteiger partial charge in [0.1, 0.15) is 36.7 Å². The second-order valence-electron chi connectivity index (χ2n) is 19.1. The number of ether oxygens (including phenoxy) is 3. The molecule has 73 heavy (non-hydrogen) atoms. The molecular weight excluding hydrogens is 947 g/mol. The Morgan fingerprint density at radius 1 is 0.753 bits per heavy atom. The Morgan fingerprint density at radius 2 is 1.33 bits per heavy atom. The molecule has 6 N–H and O–H groups in total. The van der Waals surface area contributed by atoms with Crippen molar-refractivity contribution in [3.8, 4) is 5.75 Å². The van der Waals surface area contributed by atoms with Crippen molar-refractivity contribution in [1.82, 2.24) is 20.4 Å². The molecule has 0 saturated carbocycles. The molecule has 1 unspecified atom stereocenters. The lowest BCUT2D eigenvalue weighted by atomic mass is 9.93. The summed E-state index contributed by atoms with van der Waals surface area (Å²) >= 11 is 0. The summed E-state index contributed by atoms with van der Waals surface area (Å²) in [5.41, 5.74) is 2.78. The number of alkyl halides is 2. The number of aliphatic hydroxyl groups is 3. The number of halogens is 2. The zero-order chi connectivity index (χ0) is 53.2. The average Bonchev–Trinajstić information content (AvgIpc) is 3.74. The number of rotatable bonds is 23. The number of aliphatic hydroxyl groups excluding tert-OH is 3. The SMILES string of the molecule is CC(C)[C@H](COCc1ccccc1)NC(=O)C(F)(F)C(=O)C(Cc1ccc(OCc2ccccc2)cc1)NC(=O)[C@H](C(C)C)N(Cc1ccccc1)C(=O)O.CCCC(=O)O[C@H]1CN2CC[C@H](O)[C@@H]2[C@@H](O)[C@@H]1O. The molecule has 0 spiro atoms. The van der Waals surface area contributed by atoms with Crippen molar-refractivity contribution in [3.63, 3.8) is 0 Å². The number of esters is 1. The van der Waals surface area contributed by atoms with Crippen LogP contribution in [-0.2, 0) is 54.8 Å². The summed E-state index contributed by atoms with van der Waals surface area (Å²) in [5, 5.41) is 44.5. The second kappa shape index (κ2) is 27.7. The minimum absolute atomic E-state index is 0.0933. The van der Waals surface area contributed by atoms with Gasteiger partial charge in [0.2, 0.25) is 11.7 Å². The summed E-state index contributed by atoms with van der Waals surface area (Å²) in [5.74, 6) is -10.0. The summed E-state index contributed by atoms with van der Waals surface area (Å²) in [7, 11) is 0. The number of carboxylic acid groups (broad SMARTS) is 1. The van der Waals surface area contributed by atoms with Crippen molar-refractivity contribution in [2.45, 2.75) is 135 Å². The van der Waals surface area contributed by atoms with Crippen molar-refractivity contribution >= 4 is 29.7 Å². The van der Waals surface area contributed by atoms with Crippen LogP contribution in [0.3, 0.4) is 0 Å². The van der Waals surface area contributed by atoms with Gasteiger partial charge in [-0.05, 0) is 59.1 Å². The molecule has 2 aliphatic heterocycles. The van der Waals surface area contributed by atoms with E-state index in [1.54, 1.807) is 82.3 Å². The van der Waals surface area contributed by atoms with Gasteiger partial charge < -0.3 is 45.3 Å². The molecule has 2 heterocycles. The van der Waals surface area contributed by atoms with E-state index in [9.17, 15) is 44.4 Å². The molecule has 0 bridgehead atoms. The van der Waals surface area contributed by atoms with Crippen LogP contribution in [0.5, 0.6) is 5.75 Å². The maximum Gasteiger partial charge on any atom is 0.408 e. The highest BCUT2D eigenvalue weighted by atomic mass is 19.3. The van der Waals surface area contributed by atoms with Crippen LogP contribution in [0.15, 0.2) is 115 Å². The van der Waals surface area contributed by atoms with Crippen LogP contribution in [0.1, 0.15) is 76.1 Å². The highest BCUT2D eigenvalue weighted by molar-refractivity contribution is 6.10. The Bertz CT molecular complexity index is 2360. The van der Waals surface area contributed by atoms with Gasteiger partial charge in [0.25, 0.3) is 5.91 Å². The highest BCUT2D eigenvalue weighted by Crippen LogP contribution is 2.30. The number of hydrogen-bond acceptors (Lipinski definition) is 12. The number of nitrogens with one attached hydrogen (secondary N) is 2. The number of benzene rings is 4. The van der Waals surface area contributed by atoms with Crippen LogP contribution in [-0.4, -0.2) is 134 Å². The predicted octanol–water partition coefficient (Wildman–Crippen LogP) is 5.93. The van der Waals surface area contributed by atoms with Gasteiger partial charge in [0, 0.05) is 32.5 Å². The lowest BCUT2D eigenvalue weighted by molar-refractivity contribution is -0.179. The lowest BCUT2D eigenvalue weighted by Gasteiger charge is -2.42. The quantitative estimate of drug-likeness (QED) is 0.0375. The molecule has 16 nitrogen and oxygen atoms in total. The zero-order valence-electron chi connectivity index (χ0n) is 42.0. The van der Waals surface area contributed by atoms with E-state index >= 15 is 8.78 Å². The molecule has 0 aliphatic carbocycles. The lowest BCUT2D eigenvalue weighted by Crippen LogP contribution is -2.62. The molecule has 6 rings (SSSR count). The van der Waals surface area contributed by atoms with Gasteiger partial charge in [-0.3, -0.25) is 29.0 Å². The third kappa shape index (κ3) is 16.6. The van der Waals surface area contributed by atoms with Crippen LogP contribution in [0.25, 0.3) is 0 Å². The third-order valence-electron chi connectivity index (χ3n) is 12.8. The molecule has 0 aromatic heterocycles. The average molecular weight is 1020 g/mol. The second-order valence-corrected chi connectivity index (χ2v) is 19.1. The number of hydrogen-bond donors (Lipinski definition) is 6. The molecule has 2 aliphatic rings. The fourth-order valence-corrected chi connectivity index (χ4v) is 8.72. The Balaban J connectivity index is 0.000000458. The minimum atomic E-state index is -4.58. The standard InChI is InChI=1S/C43H49F2N3O7.C12H21NO5/c1-29(2)37(28-54-26-33-16-10-6-11-17-33)47-41(51)43(44,45)39(49)36(24-31-20-22-35(23-21-31)55-27-34-18-12-7-13-19-34)46-40(50)38(30(3)4)48(42(52)53)25-32-14-8-5-9-15-32;1-2-3-9(15)18-8-6-13-5-4-7(14)10(13)12(17)11(8)16/h5-23,29-30,36-38H,24-28H2,1-4H3,(H,46,50)(H,47,51)(H,52,53);7-8,10-12,14,16-17H,2-6H2,1H3/t36?,37-,38-;7-,8-,10+,11+,12+/m00/s1. The minimum Gasteiger partial charge on any atom is -0.489 e. The van der Waals surface area contributed by atoms with E-state index in [0.29, 0.717) is 49.2 Å². The van der Waals surface area contributed by atoms with Gasteiger partial charge in [-0.2, -0.15) is 8.78 Å². The summed E-state index contributed by atoms with van der Waals surface area (Å²) in [6.45, 7) is 9.79. The van der Waals surface area contributed by atoms with Crippen molar-refractivity contribution in [3.05, 3.63) is 138 Å². The van der Waals surface area contributed by atoms with Crippen LogP contribution in [0, 0.1) is 11.8 Å². The van der Waals surface area contributed by atoms with Gasteiger partial charge in [-0.1, -0.05) is 138 Å². The van der Waals surface area contributed by atoms with E-state index in [1.807, 2.05) is 72.5 Å². The molecule has 8 atom stereocenters. The molecule has 2 fully saturated rings. The van der Waals surface area contributed by atoms with Crippen molar-refractivity contribution in [1.29, 1.82) is 0 Å². The van der Waals surface area contributed by atoms with E-state index in [2.05, 4.69) is 10.6 Å². The zero-order valence-corrected chi connectivity index (χ0v) is 42.0. The molecule has 0 radical (unpaired) electrons. The van der Waals surface area contributed by atoms with E-state index < -0.39 is 90.5 Å². The fraction of sp³-hybridized carbons (Fsp3) is 0.473. The Hall–Kier alpha value is -6.31. The van der Waals surface area contributed by atoms with Crippen molar-refractivity contribution < 1.29 is 67.4 Å². The number of ketones is 1. The van der Waals surface area contributed by atoms with Crippen LogP contribution < -0.4 is 15.4 Å². The summed E-state index contributed by atoms with van der Waals surface area (Å²) in [6, 6.07) is 29.0. The number of carbonyl (C=O) groups is 5. The number of nitrogens with zero attached hydrogens (tertiary/aromatic N) is 2. The molecule has 2 saturated heterocycles. The molecule has 18 heteroatoms. The number of Topliss-reactive ketones (excluding diaryl/α,β-unsaturated/α-hetero) is 1. The van der Waals surface area contributed by atoms with Gasteiger partial charge >= 0.3 is 18.0 Å². The number of amides is 3. The Morgan fingerprint density at radius 3 is 1.88 bits per heavy atom.